The Bertz CT molecular complexity index is 306. The van der Waals surface area contributed by atoms with Gasteiger partial charge in [0, 0.05) is 6.20 Å². The number of hydrogen-bond acceptors (Lipinski definition) is 3. The molecule has 5 heteroatoms. The average molecular weight is 169 g/mol. The zero-order valence-corrected chi connectivity index (χ0v) is 6.04. The van der Waals surface area contributed by atoms with Crippen molar-refractivity contribution in [2.45, 2.75) is 12.8 Å². The third-order valence-electron chi connectivity index (χ3n) is 1.19. The Morgan fingerprint density at radius 1 is 1.50 bits per heavy atom. The van der Waals surface area contributed by atoms with E-state index in [1.807, 2.05) is 0 Å². The standard InChI is InChI=1S/C7H5F2N3/c8-7(9)6-4-11-3-5(12-6)1-2-10/h3-4,7H,1H2. The monoisotopic (exact) mass is 169 g/mol. The van der Waals surface area contributed by atoms with Gasteiger partial charge in [0.25, 0.3) is 6.43 Å². The van der Waals surface area contributed by atoms with Gasteiger partial charge in [0.2, 0.25) is 0 Å². The van der Waals surface area contributed by atoms with Crippen molar-refractivity contribution in [2.75, 3.05) is 0 Å². The molecule has 0 unspecified atom stereocenters. The molecule has 0 aromatic carbocycles. The van der Waals surface area contributed by atoms with Gasteiger partial charge in [-0.2, -0.15) is 5.26 Å². The third-order valence-corrected chi connectivity index (χ3v) is 1.19. The van der Waals surface area contributed by atoms with Gasteiger partial charge in [0.15, 0.2) is 0 Å². The molecule has 62 valence electrons. The molecule has 1 aromatic rings. The molecule has 0 aliphatic rings. The van der Waals surface area contributed by atoms with Crippen LogP contribution >= 0.6 is 0 Å². The molecule has 0 radical (unpaired) electrons. The van der Waals surface area contributed by atoms with Crippen LogP contribution in [-0.4, -0.2) is 9.97 Å². The van der Waals surface area contributed by atoms with E-state index in [0.29, 0.717) is 0 Å². The van der Waals surface area contributed by atoms with Gasteiger partial charge in [-0.3, -0.25) is 4.98 Å². The number of alkyl halides is 2. The van der Waals surface area contributed by atoms with E-state index < -0.39 is 6.43 Å². The molecule has 0 atom stereocenters. The summed E-state index contributed by atoms with van der Waals surface area (Å²) in [6.07, 6.45) is -0.329. The first-order valence-corrected chi connectivity index (χ1v) is 3.20. The molecule has 0 fully saturated rings. The second kappa shape index (κ2) is 3.72. The molecule has 0 amide bonds. The third kappa shape index (κ3) is 1.95. The Labute approximate surface area is 67.7 Å². The second-order valence-corrected chi connectivity index (χ2v) is 2.07. The fraction of sp³-hybridized carbons (Fsp3) is 0.286. The average Bonchev–Trinajstić information content (AvgIpc) is 2.05. The van der Waals surface area contributed by atoms with Crippen molar-refractivity contribution in [3.05, 3.63) is 23.8 Å². The van der Waals surface area contributed by atoms with Crippen LogP contribution in [0.4, 0.5) is 8.78 Å². The maximum Gasteiger partial charge on any atom is 0.281 e. The van der Waals surface area contributed by atoms with E-state index in [4.69, 9.17) is 5.26 Å². The van der Waals surface area contributed by atoms with Crippen LogP contribution in [0.25, 0.3) is 0 Å². The highest BCUT2D eigenvalue weighted by atomic mass is 19.3. The van der Waals surface area contributed by atoms with Gasteiger partial charge in [-0.15, -0.1) is 0 Å². The summed E-state index contributed by atoms with van der Waals surface area (Å²) in [7, 11) is 0. The van der Waals surface area contributed by atoms with E-state index >= 15 is 0 Å². The molecule has 12 heavy (non-hydrogen) atoms. The van der Waals surface area contributed by atoms with Gasteiger partial charge in [-0.05, 0) is 0 Å². The van der Waals surface area contributed by atoms with Crippen LogP contribution in [0.5, 0.6) is 0 Å². The first-order chi connectivity index (χ1) is 5.74. The molecule has 1 heterocycles. The molecular formula is C7H5F2N3. The highest BCUT2D eigenvalue weighted by Gasteiger charge is 2.09. The number of hydrogen-bond donors (Lipinski definition) is 0. The summed E-state index contributed by atoms with van der Waals surface area (Å²) >= 11 is 0. The Hall–Kier alpha value is -1.57. The van der Waals surface area contributed by atoms with Crippen molar-refractivity contribution in [3.8, 4) is 6.07 Å². The molecule has 0 aliphatic heterocycles. The van der Waals surface area contributed by atoms with E-state index in [-0.39, 0.29) is 17.8 Å². The lowest BCUT2D eigenvalue weighted by atomic mass is 10.3. The first-order valence-electron chi connectivity index (χ1n) is 3.20. The Morgan fingerprint density at radius 3 is 2.83 bits per heavy atom. The van der Waals surface area contributed by atoms with Crippen LogP contribution in [0.15, 0.2) is 12.4 Å². The second-order valence-electron chi connectivity index (χ2n) is 2.07. The minimum absolute atomic E-state index is 0.00750. The van der Waals surface area contributed by atoms with E-state index in [2.05, 4.69) is 9.97 Å². The highest BCUT2D eigenvalue weighted by Crippen LogP contribution is 2.14. The van der Waals surface area contributed by atoms with Crippen molar-refractivity contribution < 1.29 is 8.78 Å². The van der Waals surface area contributed by atoms with Crippen LogP contribution in [0.1, 0.15) is 17.8 Å². The Kier molecular flexibility index (Phi) is 2.64. The molecule has 1 aromatic heterocycles. The van der Waals surface area contributed by atoms with Crippen molar-refractivity contribution in [2.24, 2.45) is 0 Å². The van der Waals surface area contributed by atoms with Crippen molar-refractivity contribution in [3.63, 3.8) is 0 Å². The lowest BCUT2D eigenvalue weighted by molar-refractivity contribution is 0.145. The quantitative estimate of drug-likeness (QED) is 0.673. The molecule has 0 N–H and O–H groups in total. The maximum absolute atomic E-state index is 12.0. The van der Waals surface area contributed by atoms with Crippen LogP contribution in [0.2, 0.25) is 0 Å². The summed E-state index contributed by atoms with van der Waals surface area (Å²) < 4.78 is 24.0. The number of aromatic nitrogens is 2. The Balaban J connectivity index is 2.90. The smallest absolute Gasteiger partial charge is 0.261 e. The van der Waals surface area contributed by atoms with Crippen LogP contribution in [0, 0.1) is 11.3 Å². The lowest BCUT2D eigenvalue weighted by Crippen LogP contribution is -1.96. The highest BCUT2D eigenvalue weighted by molar-refractivity contribution is 5.07. The zero-order chi connectivity index (χ0) is 8.97. The van der Waals surface area contributed by atoms with Gasteiger partial charge >= 0.3 is 0 Å². The summed E-state index contributed by atoms with van der Waals surface area (Å²) in [6, 6.07) is 1.80. The molecule has 0 aliphatic carbocycles. The minimum atomic E-state index is -2.63. The SMILES string of the molecule is N#CCc1cncc(C(F)F)n1. The molecule has 0 spiro atoms. The number of halogens is 2. The van der Waals surface area contributed by atoms with E-state index in [0.717, 1.165) is 6.20 Å². The van der Waals surface area contributed by atoms with Gasteiger partial charge in [0.05, 0.1) is 24.4 Å². The predicted molar refractivity (Wildman–Crippen MR) is 36.3 cm³/mol. The first kappa shape index (κ1) is 8.53. The van der Waals surface area contributed by atoms with E-state index in [9.17, 15) is 8.78 Å². The molecule has 0 saturated heterocycles. The lowest BCUT2D eigenvalue weighted by Gasteiger charge is -1.98. The summed E-state index contributed by atoms with van der Waals surface area (Å²) in [5.41, 5.74) is -0.113. The van der Waals surface area contributed by atoms with Crippen LogP contribution < -0.4 is 0 Å². The number of rotatable bonds is 2. The molecule has 3 nitrogen and oxygen atoms in total. The molecule has 1 rings (SSSR count). The van der Waals surface area contributed by atoms with Gasteiger partial charge in [0.1, 0.15) is 5.69 Å². The maximum atomic E-state index is 12.0. The van der Waals surface area contributed by atoms with Crippen molar-refractivity contribution in [1.29, 1.82) is 5.26 Å². The molecule has 0 saturated carbocycles. The van der Waals surface area contributed by atoms with E-state index in [1.54, 1.807) is 6.07 Å². The Morgan fingerprint density at radius 2 is 2.25 bits per heavy atom. The van der Waals surface area contributed by atoms with Crippen molar-refractivity contribution >= 4 is 0 Å². The summed E-state index contributed by atoms with van der Waals surface area (Å²) in [4.78, 5) is 7.06. The number of nitriles is 1. The summed E-state index contributed by atoms with van der Waals surface area (Å²) in [5.74, 6) is 0. The number of nitrogens with zero attached hydrogens (tertiary/aromatic N) is 3. The molecule has 0 bridgehead atoms. The van der Waals surface area contributed by atoms with Crippen LogP contribution in [-0.2, 0) is 6.42 Å². The normalized spacial score (nSPS) is 9.83. The summed E-state index contributed by atoms with van der Waals surface area (Å²) in [5, 5.41) is 8.24. The van der Waals surface area contributed by atoms with Gasteiger partial charge < -0.3 is 0 Å². The minimum Gasteiger partial charge on any atom is -0.261 e. The van der Waals surface area contributed by atoms with Gasteiger partial charge in [-0.25, -0.2) is 13.8 Å². The zero-order valence-electron chi connectivity index (χ0n) is 6.04. The predicted octanol–water partition coefficient (Wildman–Crippen LogP) is 1.48. The van der Waals surface area contributed by atoms with Crippen molar-refractivity contribution in [1.82, 2.24) is 9.97 Å². The van der Waals surface area contributed by atoms with Crippen LogP contribution in [0.3, 0.4) is 0 Å². The fourth-order valence-electron chi connectivity index (χ4n) is 0.695. The van der Waals surface area contributed by atoms with E-state index in [1.165, 1.54) is 6.20 Å². The largest absolute Gasteiger partial charge is 0.281 e. The molecular weight excluding hydrogens is 164 g/mol. The van der Waals surface area contributed by atoms with Gasteiger partial charge in [-0.1, -0.05) is 0 Å². The topological polar surface area (TPSA) is 49.6 Å². The summed E-state index contributed by atoms with van der Waals surface area (Å²) in [6.45, 7) is 0. The fourth-order valence-corrected chi connectivity index (χ4v) is 0.695.